The van der Waals surface area contributed by atoms with Crippen LogP contribution in [-0.4, -0.2) is 15.7 Å². The van der Waals surface area contributed by atoms with E-state index in [0.717, 1.165) is 5.69 Å². The van der Waals surface area contributed by atoms with Crippen molar-refractivity contribution in [2.24, 2.45) is 0 Å². The summed E-state index contributed by atoms with van der Waals surface area (Å²) in [6, 6.07) is 10.1. The van der Waals surface area contributed by atoms with Crippen LogP contribution in [0.15, 0.2) is 41.2 Å². The van der Waals surface area contributed by atoms with Crippen molar-refractivity contribution < 1.29 is 4.79 Å². The van der Waals surface area contributed by atoms with Gasteiger partial charge in [0.2, 0.25) is 5.91 Å². The van der Waals surface area contributed by atoms with Crippen molar-refractivity contribution in [3.63, 3.8) is 0 Å². The molecule has 0 bridgehead atoms. The van der Waals surface area contributed by atoms with E-state index in [0.29, 0.717) is 11.4 Å². The summed E-state index contributed by atoms with van der Waals surface area (Å²) < 4.78 is 1.28. The molecule has 1 amide bonds. The van der Waals surface area contributed by atoms with Crippen molar-refractivity contribution in [1.29, 1.82) is 0 Å². The van der Waals surface area contributed by atoms with Gasteiger partial charge in [-0.1, -0.05) is 12.1 Å². The molecule has 20 heavy (non-hydrogen) atoms. The number of anilines is 2. The average molecular weight is 272 g/mol. The van der Waals surface area contributed by atoms with Gasteiger partial charge in [0.15, 0.2) is 0 Å². The van der Waals surface area contributed by atoms with Gasteiger partial charge in [0.25, 0.3) is 5.56 Å². The van der Waals surface area contributed by atoms with Crippen LogP contribution in [0.2, 0.25) is 0 Å². The Labute approximate surface area is 116 Å². The van der Waals surface area contributed by atoms with Gasteiger partial charge in [0, 0.05) is 12.5 Å². The van der Waals surface area contributed by atoms with Crippen LogP contribution in [0.4, 0.5) is 11.4 Å². The number of nitrogen functional groups attached to an aromatic ring is 1. The van der Waals surface area contributed by atoms with Crippen LogP contribution in [0.1, 0.15) is 12.1 Å². The second-order valence-electron chi connectivity index (χ2n) is 4.42. The molecule has 0 saturated heterocycles. The van der Waals surface area contributed by atoms with E-state index < -0.39 is 0 Å². The lowest BCUT2D eigenvalue weighted by Gasteiger charge is -2.08. The first kappa shape index (κ1) is 13.8. The summed E-state index contributed by atoms with van der Waals surface area (Å²) in [7, 11) is 0. The minimum Gasteiger partial charge on any atom is -0.397 e. The molecule has 6 heteroatoms. The molecule has 6 nitrogen and oxygen atoms in total. The van der Waals surface area contributed by atoms with Crippen LogP contribution < -0.4 is 16.6 Å². The maximum absolute atomic E-state index is 11.8. The molecule has 1 aromatic heterocycles. The summed E-state index contributed by atoms with van der Waals surface area (Å²) in [5, 5.41) is 6.78. The number of nitrogens with zero attached hydrogens (tertiary/aromatic N) is 2. The lowest BCUT2D eigenvalue weighted by Crippen LogP contribution is -2.25. The van der Waals surface area contributed by atoms with Gasteiger partial charge in [-0.2, -0.15) is 5.10 Å². The third-order valence-electron chi connectivity index (χ3n) is 2.79. The number of amides is 1. The van der Waals surface area contributed by atoms with Gasteiger partial charge < -0.3 is 11.1 Å². The number of benzene rings is 1. The fourth-order valence-electron chi connectivity index (χ4n) is 1.74. The van der Waals surface area contributed by atoms with E-state index in [-0.39, 0.29) is 24.4 Å². The van der Waals surface area contributed by atoms with Crippen molar-refractivity contribution in [2.45, 2.75) is 19.9 Å². The molecule has 0 fully saturated rings. The number of carbonyl (C=O) groups is 1. The highest BCUT2D eigenvalue weighted by Gasteiger charge is 2.06. The topological polar surface area (TPSA) is 90.0 Å². The van der Waals surface area contributed by atoms with Crippen LogP contribution in [-0.2, 0) is 11.3 Å². The number of carbonyl (C=O) groups excluding carboxylic acids is 1. The highest BCUT2D eigenvalue weighted by Crippen LogP contribution is 2.16. The van der Waals surface area contributed by atoms with E-state index in [1.165, 1.54) is 10.7 Å². The Morgan fingerprint density at radius 3 is 2.80 bits per heavy atom. The van der Waals surface area contributed by atoms with Crippen LogP contribution in [0.3, 0.4) is 0 Å². The van der Waals surface area contributed by atoms with Gasteiger partial charge in [-0.15, -0.1) is 0 Å². The quantitative estimate of drug-likeness (QED) is 0.817. The predicted molar refractivity (Wildman–Crippen MR) is 77.3 cm³/mol. The molecule has 0 unspecified atom stereocenters. The lowest BCUT2D eigenvalue weighted by molar-refractivity contribution is -0.116. The van der Waals surface area contributed by atoms with Gasteiger partial charge in [0.1, 0.15) is 0 Å². The van der Waals surface area contributed by atoms with E-state index >= 15 is 0 Å². The van der Waals surface area contributed by atoms with Crippen LogP contribution in [0, 0.1) is 6.92 Å². The fourth-order valence-corrected chi connectivity index (χ4v) is 1.74. The number of hydrogen-bond donors (Lipinski definition) is 2. The molecule has 3 N–H and O–H groups in total. The van der Waals surface area contributed by atoms with E-state index in [9.17, 15) is 9.59 Å². The lowest BCUT2D eigenvalue weighted by atomic mass is 10.2. The Morgan fingerprint density at radius 2 is 2.05 bits per heavy atom. The monoisotopic (exact) mass is 272 g/mol. The Morgan fingerprint density at radius 1 is 1.30 bits per heavy atom. The van der Waals surface area contributed by atoms with Gasteiger partial charge in [-0.3, -0.25) is 9.59 Å². The average Bonchev–Trinajstić information content (AvgIpc) is 2.42. The predicted octanol–water partition coefficient (Wildman–Crippen LogP) is 1.16. The van der Waals surface area contributed by atoms with Crippen LogP contribution in [0.5, 0.6) is 0 Å². The summed E-state index contributed by atoms with van der Waals surface area (Å²) in [5.74, 6) is -0.210. The van der Waals surface area contributed by atoms with E-state index in [1.807, 2.05) is 0 Å². The standard InChI is InChI=1S/C14H16N4O2/c1-10-6-7-14(20)18(17-10)9-8-13(19)16-12-5-3-2-4-11(12)15/h2-7H,8-9,15H2,1H3,(H,16,19). The molecular weight excluding hydrogens is 256 g/mol. The molecule has 0 aliphatic heterocycles. The van der Waals surface area contributed by atoms with Gasteiger partial charge in [0.05, 0.1) is 23.6 Å². The maximum atomic E-state index is 11.8. The SMILES string of the molecule is Cc1ccc(=O)n(CCC(=O)Nc2ccccc2N)n1. The first-order valence-corrected chi connectivity index (χ1v) is 6.25. The summed E-state index contributed by atoms with van der Waals surface area (Å²) in [6.07, 6.45) is 0.157. The molecule has 104 valence electrons. The minimum atomic E-state index is -0.220. The maximum Gasteiger partial charge on any atom is 0.266 e. The largest absolute Gasteiger partial charge is 0.397 e. The molecule has 1 aromatic carbocycles. The molecule has 2 rings (SSSR count). The van der Waals surface area contributed by atoms with E-state index in [1.54, 1.807) is 37.3 Å². The normalized spacial score (nSPS) is 10.2. The zero-order valence-electron chi connectivity index (χ0n) is 11.2. The van der Waals surface area contributed by atoms with Gasteiger partial charge in [-0.05, 0) is 25.1 Å². The van der Waals surface area contributed by atoms with E-state index in [2.05, 4.69) is 10.4 Å². The molecule has 0 aliphatic carbocycles. The van der Waals surface area contributed by atoms with Crippen molar-refractivity contribution >= 4 is 17.3 Å². The summed E-state index contributed by atoms with van der Waals surface area (Å²) in [4.78, 5) is 23.4. The Bertz CT molecular complexity index is 679. The molecular formula is C14H16N4O2. The van der Waals surface area contributed by atoms with Crippen molar-refractivity contribution in [2.75, 3.05) is 11.1 Å². The molecule has 2 aromatic rings. The van der Waals surface area contributed by atoms with Crippen LogP contribution >= 0.6 is 0 Å². The zero-order chi connectivity index (χ0) is 14.5. The van der Waals surface area contributed by atoms with Gasteiger partial charge >= 0.3 is 0 Å². The number of nitrogens with two attached hydrogens (primary N) is 1. The molecule has 0 radical (unpaired) electrons. The van der Waals surface area contributed by atoms with Gasteiger partial charge in [-0.25, -0.2) is 4.68 Å². The zero-order valence-corrected chi connectivity index (χ0v) is 11.2. The number of hydrogen-bond acceptors (Lipinski definition) is 4. The Hall–Kier alpha value is -2.63. The second kappa shape index (κ2) is 6.01. The second-order valence-corrected chi connectivity index (χ2v) is 4.42. The number of nitrogens with one attached hydrogen (secondary N) is 1. The van der Waals surface area contributed by atoms with Crippen molar-refractivity contribution in [3.05, 3.63) is 52.4 Å². The van der Waals surface area contributed by atoms with Crippen molar-refractivity contribution in [1.82, 2.24) is 9.78 Å². The summed E-state index contributed by atoms with van der Waals surface area (Å²) in [6.45, 7) is 2.03. The molecule has 0 atom stereocenters. The Balaban J connectivity index is 1.98. The molecule has 0 aliphatic rings. The fraction of sp³-hybridized carbons (Fsp3) is 0.214. The number of para-hydroxylation sites is 2. The molecule has 0 spiro atoms. The first-order valence-electron chi connectivity index (χ1n) is 6.25. The van der Waals surface area contributed by atoms with E-state index in [4.69, 9.17) is 5.73 Å². The molecule has 1 heterocycles. The number of aryl methyl sites for hydroxylation is 2. The highest BCUT2D eigenvalue weighted by atomic mass is 16.2. The summed E-state index contributed by atoms with van der Waals surface area (Å²) in [5.41, 5.74) is 7.33. The third-order valence-corrected chi connectivity index (χ3v) is 2.79. The highest BCUT2D eigenvalue weighted by molar-refractivity contribution is 5.93. The minimum absolute atomic E-state index is 0.157. The first-order chi connectivity index (χ1) is 9.56. The van der Waals surface area contributed by atoms with Crippen molar-refractivity contribution in [3.8, 4) is 0 Å². The summed E-state index contributed by atoms with van der Waals surface area (Å²) >= 11 is 0. The smallest absolute Gasteiger partial charge is 0.266 e. The number of rotatable bonds is 4. The Kier molecular flexibility index (Phi) is 4.14. The third kappa shape index (κ3) is 3.44. The number of aromatic nitrogens is 2. The molecule has 0 saturated carbocycles. The van der Waals surface area contributed by atoms with Crippen LogP contribution in [0.25, 0.3) is 0 Å².